The molecule has 1 fully saturated rings. The molecule has 0 aliphatic carbocycles. The fraction of sp³-hybridized carbons (Fsp3) is 0.583. The lowest BCUT2D eigenvalue weighted by atomic mass is 10.2. The Bertz CT molecular complexity index is 356. The minimum absolute atomic E-state index is 0.0702. The number of nitrogens with two attached hydrogens (primary N) is 1. The lowest BCUT2D eigenvalue weighted by Crippen LogP contribution is -2.52. The molecule has 1 aliphatic rings. The predicted octanol–water partition coefficient (Wildman–Crippen LogP) is 0.740. The van der Waals surface area contributed by atoms with E-state index in [0.717, 1.165) is 32.7 Å². The lowest BCUT2D eigenvalue weighted by molar-refractivity contribution is -0.134. The van der Waals surface area contributed by atoms with Gasteiger partial charge in [-0.2, -0.15) is 0 Å². The minimum Gasteiger partial charge on any atom is -0.339 e. The summed E-state index contributed by atoms with van der Waals surface area (Å²) in [5.41, 5.74) is 5.61. The van der Waals surface area contributed by atoms with Crippen LogP contribution in [0.15, 0.2) is 17.5 Å². The maximum absolute atomic E-state index is 11.7. The van der Waals surface area contributed by atoms with E-state index in [1.54, 1.807) is 18.3 Å². The van der Waals surface area contributed by atoms with Crippen LogP contribution in [-0.2, 0) is 11.3 Å². The first-order chi connectivity index (χ1) is 8.16. The third kappa shape index (κ3) is 3.28. The van der Waals surface area contributed by atoms with Gasteiger partial charge in [-0.1, -0.05) is 6.07 Å². The SMILES string of the molecule is CC(N)C(=O)N1CCN(Cc2cccs2)CC1. The fourth-order valence-corrected chi connectivity index (χ4v) is 2.78. The first-order valence-corrected chi connectivity index (χ1v) is 6.84. The normalized spacial score (nSPS) is 19.3. The second-order valence-corrected chi connectivity index (χ2v) is 5.50. The zero-order valence-electron chi connectivity index (χ0n) is 10.1. The van der Waals surface area contributed by atoms with E-state index >= 15 is 0 Å². The number of rotatable bonds is 3. The monoisotopic (exact) mass is 253 g/mol. The number of hydrogen-bond donors (Lipinski definition) is 1. The molecule has 2 N–H and O–H groups in total. The Labute approximate surface area is 106 Å². The van der Waals surface area contributed by atoms with Gasteiger partial charge in [0.1, 0.15) is 0 Å². The summed E-state index contributed by atoms with van der Waals surface area (Å²) >= 11 is 1.79. The third-order valence-corrected chi connectivity index (χ3v) is 3.89. The van der Waals surface area contributed by atoms with Crippen molar-refractivity contribution in [1.82, 2.24) is 9.80 Å². The van der Waals surface area contributed by atoms with Crippen LogP contribution in [0.2, 0.25) is 0 Å². The van der Waals surface area contributed by atoms with Gasteiger partial charge >= 0.3 is 0 Å². The van der Waals surface area contributed by atoms with Gasteiger partial charge in [0.05, 0.1) is 6.04 Å². The smallest absolute Gasteiger partial charge is 0.239 e. The molecule has 17 heavy (non-hydrogen) atoms. The summed E-state index contributed by atoms with van der Waals surface area (Å²) in [7, 11) is 0. The summed E-state index contributed by atoms with van der Waals surface area (Å²) < 4.78 is 0. The van der Waals surface area contributed by atoms with E-state index in [4.69, 9.17) is 5.73 Å². The number of carbonyl (C=O) groups is 1. The van der Waals surface area contributed by atoms with Crippen LogP contribution in [0, 0.1) is 0 Å². The highest BCUT2D eigenvalue weighted by Crippen LogP contribution is 2.13. The zero-order chi connectivity index (χ0) is 12.3. The van der Waals surface area contributed by atoms with E-state index in [-0.39, 0.29) is 11.9 Å². The largest absolute Gasteiger partial charge is 0.339 e. The Balaban J connectivity index is 1.80. The van der Waals surface area contributed by atoms with Gasteiger partial charge in [0.25, 0.3) is 0 Å². The van der Waals surface area contributed by atoms with Crippen LogP contribution >= 0.6 is 11.3 Å². The Morgan fingerprint density at radius 2 is 2.18 bits per heavy atom. The van der Waals surface area contributed by atoms with Crippen molar-refractivity contribution < 1.29 is 4.79 Å². The van der Waals surface area contributed by atoms with E-state index in [1.807, 2.05) is 4.90 Å². The summed E-state index contributed by atoms with van der Waals surface area (Å²) in [4.78, 5) is 17.3. The quantitative estimate of drug-likeness (QED) is 0.864. The molecule has 5 heteroatoms. The van der Waals surface area contributed by atoms with Crippen molar-refractivity contribution in [2.75, 3.05) is 26.2 Å². The Hall–Kier alpha value is -0.910. The van der Waals surface area contributed by atoms with Crippen LogP contribution in [0.1, 0.15) is 11.8 Å². The average molecular weight is 253 g/mol. The molecule has 4 nitrogen and oxygen atoms in total. The van der Waals surface area contributed by atoms with Gasteiger partial charge in [0.2, 0.25) is 5.91 Å². The first kappa shape index (κ1) is 12.5. The molecular weight excluding hydrogens is 234 g/mol. The van der Waals surface area contributed by atoms with Gasteiger partial charge in [-0.15, -0.1) is 11.3 Å². The van der Waals surface area contributed by atoms with Crippen LogP contribution < -0.4 is 5.73 Å². The predicted molar refractivity (Wildman–Crippen MR) is 69.8 cm³/mol. The molecule has 1 saturated heterocycles. The summed E-state index contributed by atoms with van der Waals surface area (Å²) in [6.07, 6.45) is 0. The molecular formula is C12H19N3OS. The molecule has 2 rings (SSSR count). The van der Waals surface area contributed by atoms with Crippen molar-refractivity contribution in [3.8, 4) is 0 Å². The average Bonchev–Trinajstić information content (AvgIpc) is 2.82. The van der Waals surface area contributed by atoms with Gasteiger partial charge in [-0.25, -0.2) is 0 Å². The number of piperazine rings is 1. The summed E-state index contributed by atoms with van der Waals surface area (Å²) in [5.74, 6) is 0.0702. The van der Waals surface area contributed by atoms with E-state index < -0.39 is 0 Å². The van der Waals surface area contributed by atoms with Crippen molar-refractivity contribution in [2.45, 2.75) is 19.5 Å². The molecule has 0 spiro atoms. The lowest BCUT2D eigenvalue weighted by Gasteiger charge is -2.35. The van der Waals surface area contributed by atoms with Crippen LogP contribution in [-0.4, -0.2) is 47.9 Å². The number of nitrogens with zero attached hydrogens (tertiary/aromatic N) is 2. The summed E-state index contributed by atoms with van der Waals surface area (Å²) in [5, 5.41) is 2.10. The minimum atomic E-state index is -0.376. The zero-order valence-corrected chi connectivity index (χ0v) is 10.9. The number of thiophene rings is 1. The molecule has 2 heterocycles. The number of hydrogen-bond acceptors (Lipinski definition) is 4. The molecule has 0 aromatic carbocycles. The van der Waals surface area contributed by atoms with Crippen LogP contribution in [0.25, 0.3) is 0 Å². The van der Waals surface area contributed by atoms with Crippen molar-refractivity contribution in [3.05, 3.63) is 22.4 Å². The maximum Gasteiger partial charge on any atom is 0.239 e. The van der Waals surface area contributed by atoms with Crippen LogP contribution in [0.3, 0.4) is 0 Å². The number of amides is 1. The summed E-state index contributed by atoms with van der Waals surface area (Å²) in [6, 6.07) is 3.86. The van der Waals surface area contributed by atoms with Crippen molar-refractivity contribution in [1.29, 1.82) is 0 Å². The van der Waals surface area contributed by atoms with Gasteiger partial charge < -0.3 is 10.6 Å². The van der Waals surface area contributed by atoms with E-state index in [1.165, 1.54) is 4.88 Å². The van der Waals surface area contributed by atoms with Crippen LogP contribution in [0.5, 0.6) is 0 Å². The van der Waals surface area contributed by atoms with E-state index in [9.17, 15) is 4.79 Å². The van der Waals surface area contributed by atoms with Gasteiger partial charge in [-0.05, 0) is 18.4 Å². The number of carbonyl (C=O) groups excluding carboxylic acids is 1. The molecule has 1 aromatic rings. The van der Waals surface area contributed by atoms with Crippen LogP contribution in [0.4, 0.5) is 0 Å². The summed E-state index contributed by atoms with van der Waals surface area (Å²) in [6.45, 7) is 6.22. The molecule has 1 unspecified atom stereocenters. The molecule has 1 atom stereocenters. The van der Waals surface area contributed by atoms with Crippen molar-refractivity contribution in [3.63, 3.8) is 0 Å². The second-order valence-electron chi connectivity index (χ2n) is 4.47. The first-order valence-electron chi connectivity index (χ1n) is 5.96. The molecule has 1 amide bonds. The van der Waals surface area contributed by atoms with Crippen molar-refractivity contribution in [2.24, 2.45) is 5.73 Å². The molecule has 0 radical (unpaired) electrons. The second kappa shape index (κ2) is 5.62. The van der Waals surface area contributed by atoms with Gasteiger partial charge in [0.15, 0.2) is 0 Å². The van der Waals surface area contributed by atoms with E-state index in [2.05, 4.69) is 22.4 Å². The third-order valence-electron chi connectivity index (χ3n) is 3.03. The van der Waals surface area contributed by atoms with Gasteiger partial charge in [0, 0.05) is 37.6 Å². The highest BCUT2D eigenvalue weighted by Gasteiger charge is 2.22. The standard InChI is InChI=1S/C12H19N3OS/c1-10(13)12(16)15-6-4-14(5-7-15)9-11-3-2-8-17-11/h2-3,8,10H,4-7,9,13H2,1H3. The van der Waals surface area contributed by atoms with Crippen molar-refractivity contribution >= 4 is 17.2 Å². The Kier molecular flexibility index (Phi) is 4.15. The van der Waals surface area contributed by atoms with Gasteiger partial charge in [-0.3, -0.25) is 9.69 Å². The Morgan fingerprint density at radius 1 is 1.47 bits per heavy atom. The highest BCUT2D eigenvalue weighted by atomic mass is 32.1. The fourth-order valence-electron chi connectivity index (χ4n) is 2.04. The van der Waals surface area contributed by atoms with E-state index in [0.29, 0.717) is 0 Å². The highest BCUT2D eigenvalue weighted by molar-refractivity contribution is 7.09. The molecule has 0 saturated carbocycles. The maximum atomic E-state index is 11.7. The molecule has 1 aromatic heterocycles. The topological polar surface area (TPSA) is 49.6 Å². The Morgan fingerprint density at radius 3 is 2.71 bits per heavy atom. The molecule has 94 valence electrons. The molecule has 1 aliphatic heterocycles. The molecule has 0 bridgehead atoms.